The van der Waals surface area contributed by atoms with E-state index in [0.717, 1.165) is 22.9 Å². The Bertz CT molecular complexity index is 545. The van der Waals surface area contributed by atoms with Crippen molar-refractivity contribution in [2.45, 2.75) is 12.8 Å². The van der Waals surface area contributed by atoms with Gasteiger partial charge in [-0.1, -0.05) is 18.2 Å². The number of fused-ring (bicyclic) bond motifs is 1. The summed E-state index contributed by atoms with van der Waals surface area (Å²) < 4.78 is 14.9. The maximum atomic E-state index is 10.5. The van der Waals surface area contributed by atoms with Gasteiger partial charge in [0.2, 0.25) is 0 Å². The van der Waals surface area contributed by atoms with E-state index < -0.39 is 7.82 Å². The van der Waals surface area contributed by atoms with Crippen molar-refractivity contribution in [3.63, 3.8) is 0 Å². The normalized spacial score (nSPS) is 12.1. The van der Waals surface area contributed by atoms with Crippen LogP contribution >= 0.6 is 7.82 Å². The second-order valence-corrected chi connectivity index (χ2v) is 5.03. The molecule has 0 fully saturated rings. The van der Waals surface area contributed by atoms with Gasteiger partial charge in [0.15, 0.2) is 0 Å². The highest BCUT2D eigenvalue weighted by Crippen LogP contribution is 2.35. The molecule has 0 unspecified atom stereocenters. The van der Waals surface area contributed by atoms with Crippen molar-refractivity contribution in [2.75, 3.05) is 6.61 Å². The summed E-state index contributed by atoms with van der Waals surface area (Å²) in [7, 11) is -4.33. The van der Waals surface area contributed by atoms with Crippen LogP contribution in [0, 0.1) is 0 Å². The summed E-state index contributed by atoms with van der Waals surface area (Å²) in [5.41, 5.74) is 2.20. The fraction of sp³-hybridized carbons (Fsp3) is 0.273. The van der Waals surface area contributed by atoms with Gasteiger partial charge >= 0.3 is 7.82 Å². The average Bonchev–Trinajstić information content (AvgIpc) is 2.67. The zero-order chi connectivity index (χ0) is 12.3. The molecule has 2 rings (SSSR count). The molecule has 0 radical (unpaired) electrons. The molecule has 0 saturated carbocycles. The summed E-state index contributed by atoms with van der Waals surface area (Å²) in [6.45, 7) is 0.0593. The van der Waals surface area contributed by atoms with E-state index in [1.54, 1.807) is 0 Å². The molecule has 3 N–H and O–H groups in total. The van der Waals surface area contributed by atoms with E-state index in [2.05, 4.69) is 9.51 Å². The molecular formula is C11H14NO4P. The zero-order valence-corrected chi connectivity index (χ0v) is 10.1. The van der Waals surface area contributed by atoms with Gasteiger partial charge in [-0.05, 0) is 24.5 Å². The van der Waals surface area contributed by atoms with Crippen LogP contribution in [0.1, 0.15) is 12.0 Å². The number of hydrogen-bond donors (Lipinski definition) is 3. The van der Waals surface area contributed by atoms with Crippen molar-refractivity contribution in [3.8, 4) is 0 Å². The third kappa shape index (κ3) is 3.41. The fourth-order valence-electron chi connectivity index (χ4n) is 1.78. The topological polar surface area (TPSA) is 82.6 Å². The first-order chi connectivity index (χ1) is 8.06. The van der Waals surface area contributed by atoms with E-state index in [1.807, 2.05) is 30.5 Å². The Hall–Kier alpha value is -1.13. The average molecular weight is 255 g/mol. The molecule has 1 heterocycles. The first-order valence-corrected chi connectivity index (χ1v) is 6.84. The fourth-order valence-corrected chi connectivity index (χ4v) is 2.15. The number of benzene rings is 1. The number of rotatable bonds is 5. The minimum absolute atomic E-state index is 0.0593. The van der Waals surface area contributed by atoms with Crippen molar-refractivity contribution < 1.29 is 18.9 Å². The van der Waals surface area contributed by atoms with Crippen LogP contribution in [0.4, 0.5) is 0 Å². The molecule has 6 heteroatoms. The number of phosphoric ester groups is 1. The van der Waals surface area contributed by atoms with Gasteiger partial charge in [0.25, 0.3) is 0 Å². The monoisotopic (exact) mass is 255 g/mol. The maximum Gasteiger partial charge on any atom is 0.469 e. The third-order valence-corrected chi connectivity index (χ3v) is 3.04. The summed E-state index contributed by atoms with van der Waals surface area (Å²) in [6.07, 6.45) is 3.22. The van der Waals surface area contributed by atoms with Crippen molar-refractivity contribution in [2.24, 2.45) is 0 Å². The highest BCUT2D eigenvalue weighted by molar-refractivity contribution is 7.46. The zero-order valence-electron chi connectivity index (χ0n) is 9.17. The van der Waals surface area contributed by atoms with Gasteiger partial charge in [0.05, 0.1) is 6.61 Å². The van der Waals surface area contributed by atoms with Crippen LogP contribution in [-0.4, -0.2) is 21.4 Å². The quantitative estimate of drug-likeness (QED) is 0.565. The molecular weight excluding hydrogens is 241 g/mol. The molecule has 92 valence electrons. The van der Waals surface area contributed by atoms with E-state index in [9.17, 15) is 4.57 Å². The van der Waals surface area contributed by atoms with Gasteiger partial charge in [0, 0.05) is 17.1 Å². The molecule has 0 aliphatic carbocycles. The highest BCUT2D eigenvalue weighted by Gasteiger charge is 2.12. The molecule has 17 heavy (non-hydrogen) atoms. The van der Waals surface area contributed by atoms with Crippen LogP contribution in [0.2, 0.25) is 0 Å². The minimum atomic E-state index is -4.33. The van der Waals surface area contributed by atoms with Crippen LogP contribution in [0.25, 0.3) is 10.9 Å². The second-order valence-electron chi connectivity index (χ2n) is 3.79. The number of nitrogens with one attached hydrogen (secondary N) is 1. The first kappa shape index (κ1) is 12.3. The number of aromatic amines is 1. The SMILES string of the molecule is O=P(O)(O)OCCCc1c[nH]c2ccccc12. The Morgan fingerprint density at radius 2 is 2.06 bits per heavy atom. The van der Waals surface area contributed by atoms with Crippen molar-refractivity contribution in [1.29, 1.82) is 0 Å². The molecule has 1 aromatic carbocycles. The van der Waals surface area contributed by atoms with Gasteiger partial charge in [-0.3, -0.25) is 4.52 Å². The molecule has 0 spiro atoms. The Balaban J connectivity index is 1.93. The summed E-state index contributed by atoms with van der Waals surface area (Å²) in [5, 5.41) is 1.14. The van der Waals surface area contributed by atoms with E-state index in [0.29, 0.717) is 6.42 Å². The van der Waals surface area contributed by atoms with Crippen LogP contribution in [0.5, 0.6) is 0 Å². The third-order valence-electron chi connectivity index (χ3n) is 2.52. The summed E-state index contributed by atoms with van der Waals surface area (Å²) in [4.78, 5) is 20.2. The number of phosphoric acid groups is 1. The molecule has 1 aromatic heterocycles. The van der Waals surface area contributed by atoms with E-state index in [-0.39, 0.29) is 6.61 Å². The van der Waals surface area contributed by atoms with Gasteiger partial charge in [-0.15, -0.1) is 0 Å². The Morgan fingerprint density at radius 1 is 1.29 bits per heavy atom. The van der Waals surface area contributed by atoms with E-state index in [1.165, 1.54) is 0 Å². The number of aromatic nitrogens is 1. The number of H-pyrrole nitrogens is 1. The summed E-state index contributed by atoms with van der Waals surface area (Å²) >= 11 is 0. The Labute approximate surface area is 98.7 Å². The number of hydrogen-bond acceptors (Lipinski definition) is 2. The van der Waals surface area contributed by atoms with E-state index >= 15 is 0 Å². The molecule has 5 nitrogen and oxygen atoms in total. The maximum absolute atomic E-state index is 10.5. The molecule has 2 aromatic rings. The lowest BCUT2D eigenvalue weighted by Crippen LogP contribution is -1.94. The Morgan fingerprint density at radius 3 is 2.82 bits per heavy atom. The van der Waals surface area contributed by atoms with Crippen LogP contribution in [0.15, 0.2) is 30.5 Å². The Kier molecular flexibility index (Phi) is 3.64. The molecule has 0 aliphatic rings. The molecule has 0 aliphatic heterocycles. The lowest BCUT2D eigenvalue weighted by atomic mass is 10.1. The lowest BCUT2D eigenvalue weighted by molar-refractivity contribution is 0.195. The molecule has 0 bridgehead atoms. The van der Waals surface area contributed by atoms with Gasteiger partial charge in [-0.25, -0.2) is 4.57 Å². The predicted molar refractivity (Wildman–Crippen MR) is 64.6 cm³/mol. The van der Waals surface area contributed by atoms with Gasteiger partial charge < -0.3 is 14.8 Å². The van der Waals surface area contributed by atoms with Crippen LogP contribution < -0.4 is 0 Å². The first-order valence-electron chi connectivity index (χ1n) is 5.31. The standard InChI is InChI=1S/C11H14NO4P/c13-17(14,15)16-7-3-4-9-8-12-11-6-2-1-5-10(9)11/h1-2,5-6,8,12H,3-4,7H2,(H2,13,14,15). The van der Waals surface area contributed by atoms with Gasteiger partial charge in [0.1, 0.15) is 0 Å². The second kappa shape index (κ2) is 5.02. The summed E-state index contributed by atoms with van der Waals surface area (Å²) in [6, 6.07) is 7.93. The number of aryl methyl sites for hydroxylation is 1. The largest absolute Gasteiger partial charge is 0.469 e. The van der Waals surface area contributed by atoms with Crippen molar-refractivity contribution >= 4 is 18.7 Å². The van der Waals surface area contributed by atoms with Crippen molar-refractivity contribution in [3.05, 3.63) is 36.0 Å². The van der Waals surface area contributed by atoms with Crippen molar-refractivity contribution in [1.82, 2.24) is 4.98 Å². The summed E-state index contributed by atoms with van der Waals surface area (Å²) in [5.74, 6) is 0. The lowest BCUT2D eigenvalue weighted by Gasteiger charge is -2.04. The molecule has 0 amide bonds. The highest BCUT2D eigenvalue weighted by atomic mass is 31.2. The van der Waals surface area contributed by atoms with E-state index in [4.69, 9.17) is 9.79 Å². The van der Waals surface area contributed by atoms with Crippen LogP contribution in [0.3, 0.4) is 0 Å². The van der Waals surface area contributed by atoms with Crippen LogP contribution in [-0.2, 0) is 15.5 Å². The molecule has 0 saturated heterocycles. The smallest absolute Gasteiger partial charge is 0.361 e. The molecule has 0 atom stereocenters. The van der Waals surface area contributed by atoms with Gasteiger partial charge in [-0.2, -0.15) is 0 Å². The minimum Gasteiger partial charge on any atom is -0.361 e. The predicted octanol–water partition coefficient (Wildman–Crippen LogP) is 2.21. The number of para-hydroxylation sites is 1.